The molecule has 0 saturated carbocycles. The molecule has 1 aromatic carbocycles. The number of thiophene rings is 1. The standard InChI is InChI=1S/C18H17FN4O2S/c1-11(2)9-21-16(24)15-14(7-8-26-15)23-17(21)20-22(18(23)25)10-12-3-5-13(19)6-4-12/h3-8,11H,9-10H2,1-2H3. The van der Waals surface area contributed by atoms with Gasteiger partial charge in [-0.3, -0.25) is 9.36 Å². The van der Waals surface area contributed by atoms with Crippen molar-refractivity contribution in [2.24, 2.45) is 5.92 Å². The van der Waals surface area contributed by atoms with Crippen molar-refractivity contribution in [1.82, 2.24) is 18.7 Å². The average molecular weight is 372 g/mol. The highest BCUT2D eigenvalue weighted by Crippen LogP contribution is 2.18. The van der Waals surface area contributed by atoms with Crippen LogP contribution in [0.5, 0.6) is 0 Å². The zero-order chi connectivity index (χ0) is 18.4. The molecule has 6 nitrogen and oxygen atoms in total. The van der Waals surface area contributed by atoms with Gasteiger partial charge in [-0.15, -0.1) is 16.4 Å². The Morgan fingerprint density at radius 2 is 1.88 bits per heavy atom. The van der Waals surface area contributed by atoms with E-state index in [0.717, 1.165) is 5.56 Å². The predicted octanol–water partition coefficient (Wildman–Crippen LogP) is 2.72. The lowest BCUT2D eigenvalue weighted by Gasteiger charge is -2.09. The highest BCUT2D eigenvalue weighted by Gasteiger charge is 2.18. The zero-order valence-corrected chi connectivity index (χ0v) is 15.2. The summed E-state index contributed by atoms with van der Waals surface area (Å²) in [7, 11) is 0. The molecule has 0 unspecified atom stereocenters. The van der Waals surface area contributed by atoms with Crippen LogP contribution in [0.1, 0.15) is 19.4 Å². The smallest absolute Gasteiger partial charge is 0.275 e. The molecule has 0 atom stereocenters. The molecule has 4 rings (SSSR count). The lowest BCUT2D eigenvalue weighted by Crippen LogP contribution is -2.27. The normalized spacial score (nSPS) is 11.8. The van der Waals surface area contributed by atoms with Crippen LogP contribution in [-0.4, -0.2) is 18.7 Å². The molecule has 0 radical (unpaired) electrons. The monoisotopic (exact) mass is 372 g/mol. The quantitative estimate of drug-likeness (QED) is 0.553. The summed E-state index contributed by atoms with van der Waals surface area (Å²) in [6.07, 6.45) is 0. The van der Waals surface area contributed by atoms with Crippen molar-refractivity contribution >= 4 is 27.3 Å². The molecule has 8 heteroatoms. The van der Waals surface area contributed by atoms with Gasteiger partial charge in [0.05, 0.1) is 12.1 Å². The Morgan fingerprint density at radius 3 is 2.58 bits per heavy atom. The lowest BCUT2D eigenvalue weighted by atomic mass is 10.2. The van der Waals surface area contributed by atoms with Gasteiger partial charge in [0, 0.05) is 6.54 Å². The van der Waals surface area contributed by atoms with Crippen LogP contribution >= 0.6 is 11.3 Å². The minimum absolute atomic E-state index is 0.130. The molecule has 0 aliphatic carbocycles. The van der Waals surface area contributed by atoms with E-state index in [1.807, 2.05) is 13.8 Å². The predicted molar refractivity (Wildman–Crippen MR) is 99.4 cm³/mol. The SMILES string of the molecule is CC(C)Cn1c(=O)c2sccc2n2c(=O)n(Cc3ccc(F)cc3)nc12. The van der Waals surface area contributed by atoms with Crippen molar-refractivity contribution in [2.75, 3.05) is 0 Å². The van der Waals surface area contributed by atoms with Gasteiger partial charge in [0.1, 0.15) is 10.5 Å². The number of nitrogens with zero attached hydrogens (tertiary/aromatic N) is 4. The molecular formula is C18H17FN4O2S. The van der Waals surface area contributed by atoms with E-state index in [0.29, 0.717) is 22.5 Å². The van der Waals surface area contributed by atoms with Gasteiger partial charge in [-0.1, -0.05) is 26.0 Å². The van der Waals surface area contributed by atoms with Gasteiger partial charge in [0.15, 0.2) is 0 Å². The summed E-state index contributed by atoms with van der Waals surface area (Å²) in [6, 6.07) is 7.70. The number of rotatable bonds is 4. The molecule has 3 heterocycles. The molecule has 0 spiro atoms. The van der Waals surface area contributed by atoms with E-state index in [2.05, 4.69) is 5.10 Å². The Kier molecular flexibility index (Phi) is 3.99. The highest BCUT2D eigenvalue weighted by molar-refractivity contribution is 7.17. The number of aromatic nitrogens is 4. The maximum absolute atomic E-state index is 13.1. The first-order valence-corrected chi connectivity index (χ1v) is 9.17. The van der Waals surface area contributed by atoms with Gasteiger partial charge in [-0.2, -0.15) is 0 Å². The second-order valence-corrected chi connectivity index (χ2v) is 7.56. The van der Waals surface area contributed by atoms with Crippen LogP contribution in [0.15, 0.2) is 45.3 Å². The topological polar surface area (TPSA) is 61.3 Å². The van der Waals surface area contributed by atoms with Gasteiger partial charge < -0.3 is 0 Å². The van der Waals surface area contributed by atoms with Crippen LogP contribution in [0.25, 0.3) is 16.0 Å². The number of hydrogen-bond acceptors (Lipinski definition) is 4. The van der Waals surface area contributed by atoms with Crippen molar-refractivity contribution in [3.63, 3.8) is 0 Å². The third-order valence-electron chi connectivity index (χ3n) is 4.18. The summed E-state index contributed by atoms with van der Waals surface area (Å²) in [4.78, 5) is 25.8. The van der Waals surface area contributed by atoms with Crippen LogP contribution in [0.2, 0.25) is 0 Å². The summed E-state index contributed by atoms with van der Waals surface area (Å²) >= 11 is 1.32. The molecule has 0 saturated heterocycles. The zero-order valence-electron chi connectivity index (χ0n) is 14.3. The van der Waals surface area contributed by atoms with E-state index in [-0.39, 0.29) is 29.5 Å². The molecule has 4 aromatic rings. The Bertz CT molecular complexity index is 1210. The lowest BCUT2D eigenvalue weighted by molar-refractivity contribution is 0.516. The molecule has 0 fully saturated rings. The van der Waals surface area contributed by atoms with E-state index < -0.39 is 0 Å². The van der Waals surface area contributed by atoms with Crippen LogP contribution in [0.4, 0.5) is 4.39 Å². The first-order valence-electron chi connectivity index (χ1n) is 8.29. The third-order valence-corrected chi connectivity index (χ3v) is 5.07. The number of halogens is 1. The van der Waals surface area contributed by atoms with Gasteiger partial charge in [0.2, 0.25) is 5.78 Å². The summed E-state index contributed by atoms with van der Waals surface area (Å²) in [5, 5.41) is 6.22. The molecule has 0 N–H and O–H groups in total. The molecule has 0 aliphatic heterocycles. The number of hydrogen-bond donors (Lipinski definition) is 0. The molecule has 0 amide bonds. The van der Waals surface area contributed by atoms with Crippen LogP contribution in [0.3, 0.4) is 0 Å². The van der Waals surface area contributed by atoms with Crippen molar-refractivity contribution in [3.8, 4) is 0 Å². The van der Waals surface area contributed by atoms with Crippen molar-refractivity contribution in [3.05, 3.63) is 67.9 Å². The highest BCUT2D eigenvalue weighted by atomic mass is 32.1. The van der Waals surface area contributed by atoms with Gasteiger partial charge >= 0.3 is 5.69 Å². The van der Waals surface area contributed by atoms with Gasteiger partial charge in [-0.25, -0.2) is 18.3 Å². The van der Waals surface area contributed by atoms with E-state index in [1.165, 1.54) is 32.6 Å². The van der Waals surface area contributed by atoms with Crippen LogP contribution in [-0.2, 0) is 13.1 Å². The minimum atomic E-state index is -0.332. The summed E-state index contributed by atoms with van der Waals surface area (Å²) in [5.41, 5.74) is 0.891. The second-order valence-electron chi connectivity index (χ2n) is 6.65. The Morgan fingerprint density at radius 1 is 1.15 bits per heavy atom. The van der Waals surface area contributed by atoms with E-state index in [9.17, 15) is 14.0 Å². The fourth-order valence-corrected chi connectivity index (χ4v) is 3.85. The summed E-state index contributed by atoms with van der Waals surface area (Å²) in [5.74, 6) is 0.231. The fourth-order valence-electron chi connectivity index (χ4n) is 3.03. The fraction of sp³-hybridized carbons (Fsp3) is 0.278. The van der Waals surface area contributed by atoms with Crippen LogP contribution < -0.4 is 11.2 Å². The van der Waals surface area contributed by atoms with Crippen LogP contribution in [0, 0.1) is 11.7 Å². The van der Waals surface area contributed by atoms with E-state index >= 15 is 0 Å². The Hall–Kier alpha value is -2.74. The third kappa shape index (κ3) is 2.66. The van der Waals surface area contributed by atoms with E-state index in [1.54, 1.807) is 28.1 Å². The number of benzene rings is 1. The summed E-state index contributed by atoms with van der Waals surface area (Å²) < 4.78 is 18.0. The van der Waals surface area contributed by atoms with Crippen molar-refractivity contribution in [2.45, 2.75) is 26.9 Å². The first kappa shape index (κ1) is 16.7. The molecule has 3 aromatic heterocycles. The molecule has 0 bridgehead atoms. The first-order chi connectivity index (χ1) is 12.5. The van der Waals surface area contributed by atoms with E-state index in [4.69, 9.17) is 0 Å². The average Bonchev–Trinajstić information content (AvgIpc) is 3.19. The van der Waals surface area contributed by atoms with Gasteiger partial charge in [-0.05, 0) is 35.1 Å². The van der Waals surface area contributed by atoms with Crippen molar-refractivity contribution < 1.29 is 4.39 Å². The molecule has 26 heavy (non-hydrogen) atoms. The maximum atomic E-state index is 13.1. The molecular weight excluding hydrogens is 355 g/mol. The molecule has 0 aliphatic rings. The Balaban J connectivity index is 1.96. The number of fused-ring (bicyclic) bond motifs is 3. The minimum Gasteiger partial charge on any atom is -0.275 e. The van der Waals surface area contributed by atoms with Gasteiger partial charge in [0.25, 0.3) is 5.56 Å². The summed E-state index contributed by atoms with van der Waals surface area (Å²) in [6.45, 7) is 4.70. The molecule has 134 valence electrons. The second kappa shape index (κ2) is 6.21. The van der Waals surface area contributed by atoms with Crippen molar-refractivity contribution in [1.29, 1.82) is 0 Å². The Labute approximate surface area is 151 Å². The maximum Gasteiger partial charge on any atom is 0.352 e. The largest absolute Gasteiger partial charge is 0.352 e.